The largest absolute Gasteiger partial charge is 0.467 e. The number of hydrogen-bond acceptors (Lipinski definition) is 3. The average molecular weight is 172 g/mol. The molecule has 0 amide bonds. The van der Waals surface area contributed by atoms with E-state index in [1.54, 1.807) is 0 Å². The first-order valence-corrected chi connectivity index (χ1v) is 4.50. The van der Waals surface area contributed by atoms with Gasteiger partial charge in [0.1, 0.15) is 0 Å². The summed E-state index contributed by atoms with van der Waals surface area (Å²) in [5.41, 5.74) is -1.19. The van der Waals surface area contributed by atoms with Crippen LogP contribution in [0.1, 0.15) is 38.5 Å². The normalized spacial score (nSPS) is 22.8. The molecule has 70 valence electrons. The molecular formula is C9H16O3. The fourth-order valence-electron chi connectivity index (χ4n) is 1.71. The Hall–Kier alpha value is -0.570. The van der Waals surface area contributed by atoms with Crippen molar-refractivity contribution in [2.24, 2.45) is 0 Å². The van der Waals surface area contributed by atoms with Crippen molar-refractivity contribution in [3.63, 3.8) is 0 Å². The molecule has 1 fully saturated rings. The van der Waals surface area contributed by atoms with Crippen molar-refractivity contribution in [2.75, 3.05) is 7.11 Å². The number of ether oxygens (including phenoxy) is 1. The van der Waals surface area contributed by atoms with Crippen LogP contribution in [0.15, 0.2) is 0 Å². The standard InChI is InChI=1S/C9H16O3/c1-12-8(10)9(11)6-4-2-3-5-7-9/h11H,2-7H2,1H3. The number of carbonyl (C=O) groups excluding carboxylic acids is 1. The first kappa shape index (κ1) is 9.52. The van der Waals surface area contributed by atoms with E-state index in [0.29, 0.717) is 12.8 Å². The molecule has 1 N–H and O–H groups in total. The van der Waals surface area contributed by atoms with Gasteiger partial charge in [0, 0.05) is 0 Å². The lowest BCUT2D eigenvalue weighted by Crippen LogP contribution is -2.38. The Bertz CT molecular complexity index is 157. The molecule has 0 aromatic rings. The van der Waals surface area contributed by atoms with Gasteiger partial charge in [-0.1, -0.05) is 12.8 Å². The van der Waals surface area contributed by atoms with Gasteiger partial charge in [0.25, 0.3) is 0 Å². The van der Waals surface area contributed by atoms with Crippen molar-refractivity contribution >= 4 is 5.97 Å². The molecule has 0 atom stereocenters. The molecule has 1 rings (SSSR count). The molecule has 3 heteroatoms. The average Bonchev–Trinajstić information content (AvgIpc) is 2.29. The van der Waals surface area contributed by atoms with Gasteiger partial charge in [0.15, 0.2) is 5.60 Å². The monoisotopic (exact) mass is 172 g/mol. The van der Waals surface area contributed by atoms with Crippen LogP contribution in [-0.2, 0) is 9.53 Å². The topological polar surface area (TPSA) is 46.5 Å². The zero-order chi connectivity index (χ0) is 9.03. The third kappa shape index (κ3) is 1.97. The third-order valence-corrected chi connectivity index (χ3v) is 2.50. The molecule has 0 aromatic carbocycles. The lowest BCUT2D eigenvalue weighted by Gasteiger charge is -2.22. The van der Waals surface area contributed by atoms with Crippen LogP contribution in [0, 0.1) is 0 Å². The number of carbonyl (C=O) groups is 1. The van der Waals surface area contributed by atoms with Crippen LogP contribution in [-0.4, -0.2) is 23.8 Å². The summed E-state index contributed by atoms with van der Waals surface area (Å²) in [6.07, 6.45) is 5.18. The van der Waals surface area contributed by atoms with Crippen LogP contribution in [0.3, 0.4) is 0 Å². The van der Waals surface area contributed by atoms with E-state index >= 15 is 0 Å². The maximum absolute atomic E-state index is 11.2. The van der Waals surface area contributed by atoms with E-state index in [9.17, 15) is 9.90 Å². The van der Waals surface area contributed by atoms with Crippen LogP contribution in [0.5, 0.6) is 0 Å². The molecule has 1 aliphatic carbocycles. The zero-order valence-electron chi connectivity index (χ0n) is 7.51. The number of esters is 1. The molecule has 0 bridgehead atoms. The van der Waals surface area contributed by atoms with E-state index < -0.39 is 11.6 Å². The highest BCUT2D eigenvalue weighted by Gasteiger charge is 2.36. The number of methoxy groups -OCH3 is 1. The molecule has 12 heavy (non-hydrogen) atoms. The van der Waals surface area contributed by atoms with Gasteiger partial charge in [0.05, 0.1) is 7.11 Å². The molecule has 1 aliphatic rings. The summed E-state index contributed by atoms with van der Waals surface area (Å²) in [6.45, 7) is 0. The Balaban J connectivity index is 2.59. The summed E-state index contributed by atoms with van der Waals surface area (Å²) in [5, 5.41) is 9.85. The van der Waals surface area contributed by atoms with Crippen LogP contribution in [0.25, 0.3) is 0 Å². The van der Waals surface area contributed by atoms with Crippen molar-refractivity contribution in [2.45, 2.75) is 44.1 Å². The molecule has 0 saturated heterocycles. The highest BCUT2D eigenvalue weighted by Crippen LogP contribution is 2.27. The van der Waals surface area contributed by atoms with Crippen molar-refractivity contribution in [1.82, 2.24) is 0 Å². The van der Waals surface area contributed by atoms with Crippen molar-refractivity contribution in [1.29, 1.82) is 0 Å². The molecule has 1 saturated carbocycles. The Morgan fingerprint density at radius 3 is 2.17 bits per heavy atom. The van der Waals surface area contributed by atoms with Gasteiger partial charge in [-0.2, -0.15) is 0 Å². The molecule has 0 aromatic heterocycles. The first-order chi connectivity index (χ1) is 5.69. The summed E-state index contributed by atoms with van der Waals surface area (Å²) in [7, 11) is 1.32. The second kappa shape index (κ2) is 3.90. The lowest BCUT2D eigenvalue weighted by molar-refractivity contribution is -0.163. The quantitative estimate of drug-likeness (QED) is 0.478. The van der Waals surface area contributed by atoms with Gasteiger partial charge in [0.2, 0.25) is 0 Å². The Morgan fingerprint density at radius 1 is 1.25 bits per heavy atom. The van der Waals surface area contributed by atoms with Gasteiger partial charge in [-0.3, -0.25) is 0 Å². The molecular weight excluding hydrogens is 156 g/mol. The molecule has 0 unspecified atom stereocenters. The maximum Gasteiger partial charge on any atom is 0.337 e. The van der Waals surface area contributed by atoms with Crippen LogP contribution < -0.4 is 0 Å². The Morgan fingerprint density at radius 2 is 1.75 bits per heavy atom. The maximum atomic E-state index is 11.2. The fourth-order valence-corrected chi connectivity index (χ4v) is 1.71. The van der Waals surface area contributed by atoms with E-state index in [1.807, 2.05) is 0 Å². The van der Waals surface area contributed by atoms with E-state index in [4.69, 9.17) is 0 Å². The summed E-state index contributed by atoms with van der Waals surface area (Å²) >= 11 is 0. The SMILES string of the molecule is COC(=O)C1(O)CCCCCC1. The van der Waals surface area contributed by atoms with E-state index in [-0.39, 0.29) is 0 Å². The van der Waals surface area contributed by atoms with E-state index in [2.05, 4.69) is 4.74 Å². The second-order valence-corrected chi connectivity index (χ2v) is 3.44. The molecule has 3 nitrogen and oxygen atoms in total. The fraction of sp³-hybridized carbons (Fsp3) is 0.889. The van der Waals surface area contributed by atoms with Crippen LogP contribution in [0.2, 0.25) is 0 Å². The first-order valence-electron chi connectivity index (χ1n) is 4.50. The summed E-state index contributed by atoms with van der Waals surface area (Å²) < 4.78 is 4.56. The summed E-state index contributed by atoms with van der Waals surface area (Å²) in [5.74, 6) is -0.468. The summed E-state index contributed by atoms with van der Waals surface area (Å²) in [4.78, 5) is 11.2. The smallest absolute Gasteiger partial charge is 0.337 e. The Labute approximate surface area is 72.7 Å². The van der Waals surface area contributed by atoms with Gasteiger partial charge in [-0.15, -0.1) is 0 Å². The van der Waals surface area contributed by atoms with Gasteiger partial charge in [-0.05, 0) is 25.7 Å². The zero-order valence-corrected chi connectivity index (χ0v) is 7.51. The minimum Gasteiger partial charge on any atom is -0.467 e. The van der Waals surface area contributed by atoms with Gasteiger partial charge in [-0.25, -0.2) is 4.79 Å². The summed E-state index contributed by atoms with van der Waals surface area (Å²) in [6, 6.07) is 0. The highest BCUT2D eigenvalue weighted by atomic mass is 16.5. The number of aliphatic hydroxyl groups is 1. The van der Waals surface area contributed by atoms with Crippen molar-refractivity contribution in [3.05, 3.63) is 0 Å². The van der Waals surface area contributed by atoms with Gasteiger partial charge >= 0.3 is 5.97 Å². The van der Waals surface area contributed by atoms with Crippen molar-refractivity contribution < 1.29 is 14.6 Å². The second-order valence-electron chi connectivity index (χ2n) is 3.44. The number of hydrogen-bond donors (Lipinski definition) is 1. The minimum absolute atomic E-state index is 0.468. The predicted octanol–water partition coefficient (Wildman–Crippen LogP) is 1.24. The Kier molecular flexibility index (Phi) is 3.09. The highest BCUT2D eigenvalue weighted by molar-refractivity contribution is 5.79. The van der Waals surface area contributed by atoms with Crippen molar-refractivity contribution in [3.8, 4) is 0 Å². The van der Waals surface area contributed by atoms with E-state index in [0.717, 1.165) is 25.7 Å². The molecule has 0 aliphatic heterocycles. The molecule has 0 heterocycles. The molecule has 0 radical (unpaired) electrons. The minimum atomic E-state index is -1.19. The van der Waals surface area contributed by atoms with E-state index in [1.165, 1.54) is 7.11 Å². The predicted molar refractivity (Wildman–Crippen MR) is 44.7 cm³/mol. The third-order valence-electron chi connectivity index (χ3n) is 2.50. The molecule has 0 spiro atoms. The van der Waals surface area contributed by atoms with Crippen LogP contribution >= 0.6 is 0 Å². The van der Waals surface area contributed by atoms with Crippen LogP contribution in [0.4, 0.5) is 0 Å². The van der Waals surface area contributed by atoms with Gasteiger partial charge < -0.3 is 9.84 Å². The number of rotatable bonds is 1. The lowest BCUT2D eigenvalue weighted by atomic mass is 9.95.